The van der Waals surface area contributed by atoms with E-state index < -0.39 is 0 Å². The molecule has 2 rings (SSSR count). The van der Waals surface area contributed by atoms with Crippen molar-refractivity contribution < 1.29 is 9.13 Å². The van der Waals surface area contributed by atoms with Crippen LogP contribution in [0.5, 0.6) is 0 Å². The predicted octanol–water partition coefficient (Wildman–Crippen LogP) is 2.36. The van der Waals surface area contributed by atoms with Gasteiger partial charge >= 0.3 is 0 Å². The van der Waals surface area contributed by atoms with Crippen molar-refractivity contribution in [3.63, 3.8) is 0 Å². The lowest BCUT2D eigenvalue weighted by Gasteiger charge is -2.09. The minimum absolute atomic E-state index is 0.262. The number of benzene rings is 1. The van der Waals surface area contributed by atoms with Gasteiger partial charge in [0, 0.05) is 25.9 Å². The maximum atomic E-state index is 14.2. The van der Waals surface area contributed by atoms with Crippen LogP contribution >= 0.6 is 0 Å². The Balaban J connectivity index is 2.12. The lowest BCUT2D eigenvalue weighted by molar-refractivity contribution is 0.199. The van der Waals surface area contributed by atoms with Gasteiger partial charge in [-0.25, -0.2) is 9.07 Å². The molecule has 0 saturated carbocycles. The normalized spacial score (nSPS) is 11.0. The fourth-order valence-corrected chi connectivity index (χ4v) is 2.11. The third kappa shape index (κ3) is 3.43. The maximum Gasteiger partial charge on any atom is 0.149 e. The van der Waals surface area contributed by atoms with Gasteiger partial charge in [-0.3, -0.25) is 0 Å². The van der Waals surface area contributed by atoms with Gasteiger partial charge in [0.15, 0.2) is 0 Å². The fraction of sp³-hybridized carbons (Fsp3) is 0.400. The van der Waals surface area contributed by atoms with Crippen LogP contribution in [-0.4, -0.2) is 30.0 Å². The van der Waals surface area contributed by atoms with Gasteiger partial charge in [-0.15, -0.1) is 0 Å². The van der Waals surface area contributed by atoms with E-state index in [1.54, 1.807) is 23.9 Å². The quantitative estimate of drug-likeness (QED) is 0.824. The second kappa shape index (κ2) is 6.63. The summed E-state index contributed by atoms with van der Waals surface area (Å²) in [5.74, 6) is -0.262. The summed E-state index contributed by atoms with van der Waals surface area (Å²) < 4.78 is 20.8. The van der Waals surface area contributed by atoms with Crippen molar-refractivity contribution in [3.8, 4) is 5.69 Å². The van der Waals surface area contributed by atoms with Crippen LogP contribution < -0.4 is 5.32 Å². The Hall–Kier alpha value is -1.72. The zero-order valence-electron chi connectivity index (χ0n) is 12.1. The highest BCUT2D eigenvalue weighted by Gasteiger charge is 2.09. The zero-order valence-corrected chi connectivity index (χ0v) is 12.1. The number of nitrogens with zero attached hydrogens (tertiary/aromatic N) is 2. The largest absolute Gasteiger partial charge is 0.383 e. The summed E-state index contributed by atoms with van der Waals surface area (Å²) in [7, 11) is 1.66. The SMILES string of the molecule is COCCNCc1ccc(-n2nc(C)cc2C)c(F)c1. The number of aryl methyl sites for hydroxylation is 2. The Bertz CT molecular complexity index is 580. The second-order valence-electron chi connectivity index (χ2n) is 4.79. The molecule has 0 aliphatic rings. The molecule has 0 radical (unpaired) electrons. The number of hydrogen-bond acceptors (Lipinski definition) is 3. The predicted molar refractivity (Wildman–Crippen MR) is 76.6 cm³/mol. The summed E-state index contributed by atoms with van der Waals surface area (Å²) in [5, 5.41) is 7.49. The first-order valence-corrected chi connectivity index (χ1v) is 6.63. The maximum absolute atomic E-state index is 14.2. The lowest BCUT2D eigenvalue weighted by Crippen LogP contribution is -2.18. The number of methoxy groups -OCH3 is 1. The van der Waals surface area contributed by atoms with Gasteiger partial charge in [0.25, 0.3) is 0 Å². The number of hydrogen-bond donors (Lipinski definition) is 1. The highest BCUT2D eigenvalue weighted by atomic mass is 19.1. The Morgan fingerprint density at radius 3 is 2.70 bits per heavy atom. The minimum Gasteiger partial charge on any atom is -0.383 e. The van der Waals surface area contributed by atoms with Gasteiger partial charge in [-0.1, -0.05) is 6.07 Å². The summed E-state index contributed by atoms with van der Waals surface area (Å²) in [6.07, 6.45) is 0. The van der Waals surface area contributed by atoms with Crippen molar-refractivity contribution in [3.05, 3.63) is 47.0 Å². The minimum atomic E-state index is -0.262. The molecule has 5 heteroatoms. The summed E-state index contributed by atoms with van der Waals surface area (Å²) in [6, 6.07) is 7.15. The van der Waals surface area contributed by atoms with Gasteiger partial charge in [0.05, 0.1) is 12.3 Å². The molecule has 0 aliphatic heterocycles. The molecule has 0 amide bonds. The van der Waals surface area contributed by atoms with Crippen LogP contribution in [0.25, 0.3) is 5.69 Å². The number of halogens is 1. The molecule has 4 nitrogen and oxygen atoms in total. The number of nitrogens with one attached hydrogen (secondary N) is 1. The van der Waals surface area contributed by atoms with E-state index in [9.17, 15) is 4.39 Å². The Kier molecular flexibility index (Phi) is 4.87. The topological polar surface area (TPSA) is 39.1 Å². The van der Waals surface area contributed by atoms with E-state index in [0.29, 0.717) is 18.8 Å². The van der Waals surface area contributed by atoms with Crippen molar-refractivity contribution in [2.75, 3.05) is 20.3 Å². The fourth-order valence-electron chi connectivity index (χ4n) is 2.11. The average molecular weight is 277 g/mol. The van der Waals surface area contributed by atoms with E-state index in [0.717, 1.165) is 23.5 Å². The lowest BCUT2D eigenvalue weighted by atomic mass is 10.2. The average Bonchev–Trinajstić information content (AvgIpc) is 2.74. The van der Waals surface area contributed by atoms with Gasteiger partial charge < -0.3 is 10.1 Å². The molecule has 1 N–H and O–H groups in total. The third-order valence-electron chi connectivity index (χ3n) is 3.06. The summed E-state index contributed by atoms with van der Waals surface area (Å²) in [5.41, 5.74) is 3.19. The summed E-state index contributed by atoms with van der Waals surface area (Å²) >= 11 is 0. The first kappa shape index (κ1) is 14.7. The van der Waals surface area contributed by atoms with Crippen LogP contribution in [0.2, 0.25) is 0 Å². The number of ether oxygens (including phenoxy) is 1. The molecule has 0 aliphatic carbocycles. The van der Waals surface area contributed by atoms with Crippen molar-refractivity contribution in [1.82, 2.24) is 15.1 Å². The molecule has 1 aromatic carbocycles. The molecule has 1 aromatic heterocycles. The van der Waals surface area contributed by atoms with Gasteiger partial charge in [-0.2, -0.15) is 5.10 Å². The van der Waals surface area contributed by atoms with Crippen molar-refractivity contribution in [2.24, 2.45) is 0 Å². The van der Waals surface area contributed by atoms with E-state index in [1.807, 2.05) is 26.0 Å². The molecule has 1 heterocycles. The highest BCUT2D eigenvalue weighted by Crippen LogP contribution is 2.17. The first-order chi connectivity index (χ1) is 9.61. The van der Waals surface area contributed by atoms with Gasteiger partial charge in [0.1, 0.15) is 11.5 Å². The molecular formula is C15H20FN3O. The standard InChI is InChI=1S/C15H20FN3O/c1-11-8-12(2)19(18-11)15-5-4-13(9-14(15)16)10-17-6-7-20-3/h4-5,8-9,17H,6-7,10H2,1-3H3. The Morgan fingerprint density at radius 1 is 1.30 bits per heavy atom. The molecule has 0 atom stereocenters. The van der Waals surface area contributed by atoms with E-state index in [2.05, 4.69) is 10.4 Å². The third-order valence-corrected chi connectivity index (χ3v) is 3.06. The van der Waals surface area contributed by atoms with Crippen LogP contribution in [-0.2, 0) is 11.3 Å². The Labute approximate surface area is 118 Å². The van der Waals surface area contributed by atoms with Crippen LogP contribution in [0.1, 0.15) is 17.0 Å². The summed E-state index contributed by atoms with van der Waals surface area (Å²) in [6.45, 7) is 5.83. The van der Waals surface area contributed by atoms with Crippen molar-refractivity contribution >= 4 is 0 Å². The van der Waals surface area contributed by atoms with E-state index >= 15 is 0 Å². The molecular weight excluding hydrogens is 257 g/mol. The zero-order chi connectivity index (χ0) is 14.5. The molecule has 2 aromatic rings. The van der Waals surface area contributed by atoms with Crippen molar-refractivity contribution in [2.45, 2.75) is 20.4 Å². The molecule has 0 fully saturated rings. The molecule has 108 valence electrons. The van der Waals surface area contributed by atoms with Gasteiger partial charge in [0.2, 0.25) is 0 Å². The van der Waals surface area contributed by atoms with E-state index in [4.69, 9.17) is 4.74 Å². The van der Waals surface area contributed by atoms with Crippen LogP contribution in [0.4, 0.5) is 4.39 Å². The van der Waals surface area contributed by atoms with E-state index in [1.165, 1.54) is 0 Å². The van der Waals surface area contributed by atoms with Crippen LogP contribution in [0.15, 0.2) is 24.3 Å². The van der Waals surface area contributed by atoms with Crippen LogP contribution in [0, 0.1) is 19.7 Å². The van der Waals surface area contributed by atoms with Crippen LogP contribution in [0.3, 0.4) is 0 Å². The molecule has 0 saturated heterocycles. The smallest absolute Gasteiger partial charge is 0.149 e. The molecule has 0 unspecified atom stereocenters. The highest BCUT2D eigenvalue weighted by molar-refractivity contribution is 5.37. The second-order valence-corrected chi connectivity index (χ2v) is 4.79. The van der Waals surface area contributed by atoms with Gasteiger partial charge in [-0.05, 0) is 37.6 Å². The summed E-state index contributed by atoms with van der Waals surface area (Å²) in [4.78, 5) is 0. The monoisotopic (exact) mass is 277 g/mol. The number of aromatic nitrogens is 2. The molecule has 20 heavy (non-hydrogen) atoms. The Morgan fingerprint density at radius 2 is 2.10 bits per heavy atom. The number of rotatable bonds is 6. The molecule has 0 bridgehead atoms. The molecule has 0 spiro atoms. The van der Waals surface area contributed by atoms with E-state index in [-0.39, 0.29) is 5.82 Å². The van der Waals surface area contributed by atoms with Crippen molar-refractivity contribution in [1.29, 1.82) is 0 Å². The first-order valence-electron chi connectivity index (χ1n) is 6.63.